The molecule has 1 fully saturated rings. The fraction of sp³-hybridized carbons (Fsp3) is 0.417. The number of imidazole rings is 1. The van der Waals surface area contributed by atoms with Gasteiger partial charge in [-0.1, -0.05) is 19.1 Å². The predicted octanol–water partition coefficient (Wildman–Crippen LogP) is 2.18. The highest BCUT2D eigenvalue weighted by Gasteiger charge is 2.27. The van der Waals surface area contributed by atoms with Crippen molar-refractivity contribution in [2.24, 2.45) is 0 Å². The second kappa shape index (κ2) is 10.1. The maximum Gasteiger partial charge on any atom is 0.329 e. The SMILES string of the molecule is CCCn1c(=O)n(CCC(=O)Nc2ccc(S(=O)(=O)N3CCN(C)CC3)cc2)c2ccccc21. The van der Waals surface area contributed by atoms with Crippen LogP contribution in [-0.2, 0) is 27.9 Å². The van der Waals surface area contributed by atoms with E-state index in [-0.39, 0.29) is 29.5 Å². The number of nitrogens with zero attached hydrogens (tertiary/aromatic N) is 4. The van der Waals surface area contributed by atoms with E-state index in [4.69, 9.17) is 0 Å². The number of amides is 1. The number of anilines is 1. The van der Waals surface area contributed by atoms with E-state index in [0.717, 1.165) is 17.5 Å². The van der Waals surface area contributed by atoms with Gasteiger partial charge >= 0.3 is 5.69 Å². The topological polar surface area (TPSA) is 96.6 Å². The highest BCUT2D eigenvalue weighted by Crippen LogP contribution is 2.20. The molecule has 2 heterocycles. The Morgan fingerprint density at radius 3 is 2.09 bits per heavy atom. The van der Waals surface area contributed by atoms with Crippen LogP contribution in [0, 0.1) is 0 Å². The molecule has 1 aliphatic rings. The minimum atomic E-state index is -3.55. The number of likely N-dealkylation sites (N-methyl/N-ethyl adjacent to an activating group) is 1. The molecule has 10 heteroatoms. The van der Waals surface area contributed by atoms with Crippen molar-refractivity contribution in [2.75, 3.05) is 38.5 Å². The Kier molecular flexibility index (Phi) is 7.20. The van der Waals surface area contributed by atoms with Gasteiger partial charge in [-0.2, -0.15) is 4.31 Å². The second-order valence-electron chi connectivity index (χ2n) is 8.60. The molecule has 182 valence electrons. The summed E-state index contributed by atoms with van der Waals surface area (Å²) in [5.74, 6) is -0.242. The molecule has 2 aromatic carbocycles. The van der Waals surface area contributed by atoms with Crippen LogP contribution in [0.5, 0.6) is 0 Å². The molecule has 34 heavy (non-hydrogen) atoms. The Morgan fingerprint density at radius 1 is 0.912 bits per heavy atom. The van der Waals surface area contributed by atoms with Gasteiger partial charge in [0.05, 0.1) is 15.9 Å². The molecule has 1 aliphatic heterocycles. The molecule has 0 spiro atoms. The van der Waals surface area contributed by atoms with E-state index in [1.807, 2.05) is 38.2 Å². The number of carbonyl (C=O) groups is 1. The third-order valence-electron chi connectivity index (χ3n) is 6.17. The van der Waals surface area contributed by atoms with E-state index in [2.05, 4.69) is 10.2 Å². The Morgan fingerprint density at radius 2 is 1.50 bits per heavy atom. The van der Waals surface area contributed by atoms with Crippen LogP contribution in [0.15, 0.2) is 58.2 Å². The Bertz CT molecular complexity index is 1320. The number of aryl methyl sites for hydroxylation is 2. The minimum absolute atomic E-state index is 0.116. The first kappa shape index (κ1) is 24.2. The van der Waals surface area contributed by atoms with Crippen LogP contribution in [0.4, 0.5) is 5.69 Å². The summed E-state index contributed by atoms with van der Waals surface area (Å²) in [6.45, 7) is 5.24. The number of nitrogens with one attached hydrogen (secondary N) is 1. The number of aromatic nitrogens is 2. The molecule has 0 atom stereocenters. The van der Waals surface area contributed by atoms with Gasteiger partial charge in [-0.3, -0.25) is 13.9 Å². The van der Waals surface area contributed by atoms with E-state index in [9.17, 15) is 18.0 Å². The lowest BCUT2D eigenvalue weighted by Gasteiger charge is -2.31. The zero-order chi connectivity index (χ0) is 24.3. The zero-order valence-corrected chi connectivity index (χ0v) is 20.4. The van der Waals surface area contributed by atoms with E-state index >= 15 is 0 Å². The van der Waals surface area contributed by atoms with Crippen molar-refractivity contribution in [1.29, 1.82) is 0 Å². The summed E-state index contributed by atoms with van der Waals surface area (Å²) >= 11 is 0. The van der Waals surface area contributed by atoms with Crippen molar-refractivity contribution in [3.8, 4) is 0 Å². The second-order valence-corrected chi connectivity index (χ2v) is 10.5. The summed E-state index contributed by atoms with van der Waals surface area (Å²) in [7, 11) is -1.58. The number of hydrogen-bond donors (Lipinski definition) is 1. The van der Waals surface area contributed by atoms with Gasteiger partial charge in [-0.25, -0.2) is 13.2 Å². The molecule has 3 aromatic rings. The van der Waals surface area contributed by atoms with Gasteiger partial charge in [0.1, 0.15) is 0 Å². The van der Waals surface area contributed by atoms with Gasteiger partial charge in [0.25, 0.3) is 0 Å². The molecule has 0 aliphatic carbocycles. The van der Waals surface area contributed by atoms with E-state index in [1.165, 1.54) is 16.4 Å². The Balaban J connectivity index is 1.41. The van der Waals surface area contributed by atoms with Crippen molar-refractivity contribution in [2.45, 2.75) is 37.8 Å². The minimum Gasteiger partial charge on any atom is -0.326 e. The summed E-state index contributed by atoms with van der Waals surface area (Å²) < 4.78 is 30.6. The van der Waals surface area contributed by atoms with Crippen molar-refractivity contribution in [3.05, 3.63) is 59.0 Å². The van der Waals surface area contributed by atoms with E-state index < -0.39 is 10.0 Å². The van der Waals surface area contributed by atoms with Crippen LogP contribution in [0.1, 0.15) is 19.8 Å². The van der Waals surface area contributed by atoms with Crippen LogP contribution in [-0.4, -0.2) is 65.9 Å². The maximum absolute atomic E-state index is 12.9. The predicted molar refractivity (Wildman–Crippen MR) is 132 cm³/mol. The van der Waals surface area contributed by atoms with Gasteiger partial charge in [-0.15, -0.1) is 0 Å². The van der Waals surface area contributed by atoms with Gasteiger partial charge in [0.2, 0.25) is 15.9 Å². The van der Waals surface area contributed by atoms with Gasteiger partial charge in [0, 0.05) is 51.4 Å². The summed E-state index contributed by atoms with van der Waals surface area (Å²) in [4.78, 5) is 27.7. The van der Waals surface area contributed by atoms with Crippen molar-refractivity contribution in [1.82, 2.24) is 18.3 Å². The summed E-state index contributed by atoms with van der Waals surface area (Å²) in [6.07, 6.45) is 0.969. The average Bonchev–Trinajstić information content (AvgIpc) is 3.09. The number of piperazine rings is 1. The largest absolute Gasteiger partial charge is 0.329 e. The van der Waals surface area contributed by atoms with Crippen LogP contribution in [0.25, 0.3) is 11.0 Å². The normalized spacial score (nSPS) is 15.6. The van der Waals surface area contributed by atoms with Crippen LogP contribution >= 0.6 is 0 Å². The summed E-state index contributed by atoms with van der Waals surface area (Å²) in [6, 6.07) is 13.8. The quantitative estimate of drug-likeness (QED) is 0.528. The third kappa shape index (κ3) is 4.94. The lowest BCUT2D eigenvalue weighted by atomic mass is 10.3. The molecule has 4 rings (SSSR count). The fourth-order valence-electron chi connectivity index (χ4n) is 4.25. The molecule has 9 nitrogen and oxygen atoms in total. The number of benzene rings is 2. The molecule has 1 amide bonds. The molecule has 1 N–H and O–H groups in total. The first-order valence-corrected chi connectivity index (χ1v) is 13.0. The van der Waals surface area contributed by atoms with Crippen LogP contribution < -0.4 is 11.0 Å². The van der Waals surface area contributed by atoms with E-state index in [1.54, 1.807) is 21.3 Å². The number of hydrogen-bond acceptors (Lipinski definition) is 5. The smallest absolute Gasteiger partial charge is 0.326 e. The lowest BCUT2D eigenvalue weighted by Crippen LogP contribution is -2.46. The molecule has 0 bridgehead atoms. The maximum atomic E-state index is 12.9. The molecule has 0 radical (unpaired) electrons. The fourth-order valence-corrected chi connectivity index (χ4v) is 5.68. The summed E-state index contributed by atoms with van der Waals surface area (Å²) in [5.41, 5.74) is 2.08. The zero-order valence-electron chi connectivity index (χ0n) is 19.6. The number of sulfonamides is 1. The Labute approximate surface area is 199 Å². The number of carbonyl (C=O) groups excluding carboxylic acids is 1. The van der Waals surface area contributed by atoms with Gasteiger partial charge in [-0.05, 0) is 49.9 Å². The van der Waals surface area contributed by atoms with Crippen molar-refractivity contribution >= 4 is 32.7 Å². The third-order valence-corrected chi connectivity index (χ3v) is 8.09. The van der Waals surface area contributed by atoms with Crippen LogP contribution in [0.3, 0.4) is 0 Å². The number of rotatable bonds is 8. The Hall–Kier alpha value is -2.95. The van der Waals surface area contributed by atoms with Crippen molar-refractivity contribution < 1.29 is 13.2 Å². The number of fused-ring (bicyclic) bond motifs is 1. The van der Waals surface area contributed by atoms with E-state index in [0.29, 0.717) is 38.4 Å². The van der Waals surface area contributed by atoms with Gasteiger partial charge < -0.3 is 10.2 Å². The monoisotopic (exact) mass is 485 g/mol. The lowest BCUT2D eigenvalue weighted by molar-refractivity contribution is -0.116. The van der Waals surface area contributed by atoms with Crippen molar-refractivity contribution in [3.63, 3.8) is 0 Å². The summed E-state index contributed by atoms with van der Waals surface area (Å²) in [5, 5.41) is 2.80. The highest BCUT2D eigenvalue weighted by atomic mass is 32.2. The van der Waals surface area contributed by atoms with Crippen LogP contribution in [0.2, 0.25) is 0 Å². The number of para-hydroxylation sites is 2. The standard InChI is InChI=1S/C24H31N5O4S/c1-3-13-28-21-6-4-5-7-22(21)29(24(28)31)14-12-23(30)25-19-8-10-20(11-9-19)34(32,33)27-17-15-26(2)16-18-27/h4-11H,3,12-18H2,1-2H3,(H,25,30). The first-order valence-electron chi connectivity index (χ1n) is 11.6. The molecular formula is C24H31N5O4S. The van der Waals surface area contributed by atoms with Gasteiger partial charge in [0.15, 0.2) is 0 Å². The molecular weight excluding hydrogens is 454 g/mol. The molecule has 0 unspecified atom stereocenters. The first-order chi connectivity index (χ1) is 16.3. The molecule has 0 saturated carbocycles. The highest BCUT2D eigenvalue weighted by molar-refractivity contribution is 7.89. The average molecular weight is 486 g/mol. The molecule has 1 saturated heterocycles. The molecule has 1 aromatic heterocycles.